The zero-order chi connectivity index (χ0) is 12.9. The Bertz CT molecular complexity index is 391. The molecule has 0 saturated carbocycles. The normalized spacial score (nSPS) is 11.3. The molecule has 0 saturated heterocycles. The van der Waals surface area contributed by atoms with Crippen LogP contribution in [0.15, 0.2) is 24.3 Å². The molecule has 0 atom stereocenters. The molecule has 0 bridgehead atoms. The maximum absolute atomic E-state index is 12.9. The summed E-state index contributed by atoms with van der Waals surface area (Å²) in [5.74, 6) is -0.305. The van der Waals surface area contributed by atoms with Gasteiger partial charge in [0.05, 0.1) is 5.54 Å². The highest BCUT2D eigenvalue weighted by atomic mass is 19.1. The van der Waals surface area contributed by atoms with Crippen LogP contribution in [0.25, 0.3) is 0 Å². The van der Waals surface area contributed by atoms with E-state index >= 15 is 0 Å². The highest BCUT2D eigenvalue weighted by molar-refractivity contribution is 5.85. The van der Waals surface area contributed by atoms with Gasteiger partial charge in [0.2, 0.25) is 5.91 Å². The number of hydrogen-bond donors (Lipinski definition) is 2. The van der Waals surface area contributed by atoms with E-state index in [1.807, 2.05) is 19.9 Å². The second kappa shape index (κ2) is 5.77. The van der Waals surface area contributed by atoms with Gasteiger partial charge < -0.3 is 10.6 Å². The average molecular weight is 238 g/mol. The molecule has 94 valence electrons. The largest absolute Gasteiger partial charge is 0.354 e. The van der Waals surface area contributed by atoms with Crippen molar-refractivity contribution in [2.75, 3.05) is 13.6 Å². The molecule has 1 aromatic rings. The minimum Gasteiger partial charge on any atom is -0.354 e. The second-order valence-corrected chi connectivity index (χ2v) is 4.51. The molecule has 0 radical (unpaired) electrons. The standard InChI is InChI=1S/C13H19FN2O/c1-13(2,15-3)12(17)16-8-7-10-5-4-6-11(14)9-10/h4-6,9,15H,7-8H2,1-3H3,(H,16,17). The summed E-state index contributed by atoms with van der Waals surface area (Å²) >= 11 is 0. The van der Waals surface area contributed by atoms with E-state index in [1.165, 1.54) is 12.1 Å². The van der Waals surface area contributed by atoms with E-state index in [0.717, 1.165) is 5.56 Å². The summed E-state index contributed by atoms with van der Waals surface area (Å²) in [5.41, 5.74) is 0.301. The average Bonchev–Trinajstić information content (AvgIpc) is 2.29. The molecule has 0 aromatic heterocycles. The van der Waals surface area contributed by atoms with Crippen LogP contribution >= 0.6 is 0 Å². The van der Waals surface area contributed by atoms with E-state index in [2.05, 4.69) is 10.6 Å². The van der Waals surface area contributed by atoms with Crippen molar-refractivity contribution in [1.29, 1.82) is 0 Å². The van der Waals surface area contributed by atoms with Gasteiger partial charge in [0.25, 0.3) is 0 Å². The van der Waals surface area contributed by atoms with Crippen LogP contribution in [-0.4, -0.2) is 25.0 Å². The zero-order valence-corrected chi connectivity index (χ0v) is 10.5. The Labute approximate surface area is 101 Å². The van der Waals surface area contributed by atoms with E-state index < -0.39 is 5.54 Å². The van der Waals surface area contributed by atoms with Crippen LogP contribution in [0.1, 0.15) is 19.4 Å². The van der Waals surface area contributed by atoms with Crippen LogP contribution < -0.4 is 10.6 Å². The summed E-state index contributed by atoms with van der Waals surface area (Å²) in [5, 5.41) is 5.74. The van der Waals surface area contributed by atoms with Crippen LogP contribution in [0, 0.1) is 5.82 Å². The van der Waals surface area contributed by atoms with Gasteiger partial charge in [0.15, 0.2) is 0 Å². The van der Waals surface area contributed by atoms with Crippen molar-refractivity contribution in [1.82, 2.24) is 10.6 Å². The van der Waals surface area contributed by atoms with Crippen LogP contribution in [0.4, 0.5) is 4.39 Å². The summed E-state index contributed by atoms with van der Waals surface area (Å²) in [6.45, 7) is 4.13. The van der Waals surface area contributed by atoms with Gasteiger partial charge in [0.1, 0.15) is 5.82 Å². The number of nitrogens with one attached hydrogen (secondary N) is 2. The summed E-state index contributed by atoms with van der Waals surface area (Å²) in [6, 6.07) is 6.41. The van der Waals surface area contributed by atoms with Gasteiger partial charge in [-0.3, -0.25) is 4.79 Å². The monoisotopic (exact) mass is 238 g/mol. The zero-order valence-electron chi connectivity index (χ0n) is 10.5. The molecule has 0 aliphatic carbocycles. The summed E-state index contributed by atoms with van der Waals surface area (Å²) in [4.78, 5) is 11.7. The van der Waals surface area contributed by atoms with E-state index in [4.69, 9.17) is 0 Å². The first-order valence-corrected chi connectivity index (χ1v) is 5.67. The third-order valence-corrected chi connectivity index (χ3v) is 2.78. The maximum Gasteiger partial charge on any atom is 0.239 e. The molecule has 1 rings (SSSR count). The molecule has 0 unspecified atom stereocenters. The van der Waals surface area contributed by atoms with E-state index in [0.29, 0.717) is 13.0 Å². The number of amides is 1. The van der Waals surface area contributed by atoms with Gasteiger partial charge in [0, 0.05) is 6.54 Å². The molecule has 0 aliphatic rings. The fraction of sp³-hybridized carbons (Fsp3) is 0.462. The first-order chi connectivity index (χ1) is 7.95. The van der Waals surface area contributed by atoms with Gasteiger partial charge >= 0.3 is 0 Å². The van der Waals surface area contributed by atoms with Gasteiger partial charge in [-0.1, -0.05) is 12.1 Å². The highest BCUT2D eigenvalue weighted by Crippen LogP contribution is 2.04. The van der Waals surface area contributed by atoms with E-state index in [9.17, 15) is 9.18 Å². The van der Waals surface area contributed by atoms with Gasteiger partial charge in [-0.2, -0.15) is 0 Å². The van der Waals surface area contributed by atoms with Crippen molar-refractivity contribution < 1.29 is 9.18 Å². The summed E-state index contributed by atoms with van der Waals surface area (Å²) < 4.78 is 12.9. The van der Waals surface area contributed by atoms with Crippen molar-refractivity contribution in [2.24, 2.45) is 0 Å². The van der Waals surface area contributed by atoms with Gasteiger partial charge in [-0.05, 0) is 45.0 Å². The van der Waals surface area contributed by atoms with Gasteiger partial charge in [-0.25, -0.2) is 4.39 Å². The molecule has 0 spiro atoms. The molecule has 0 aliphatic heterocycles. The second-order valence-electron chi connectivity index (χ2n) is 4.51. The Balaban J connectivity index is 2.41. The Morgan fingerprint density at radius 1 is 1.41 bits per heavy atom. The molecule has 4 heteroatoms. The van der Waals surface area contributed by atoms with Crippen LogP contribution in [0.3, 0.4) is 0 Å². The number of halogens is 1. The lowest BCUT2D eigenvalue weighted by Gasteiger charge is -2.22. The molecular weight excluding hydrogens is 219 g/mol. The third kappa shape index (κ3) is 4.15. The molecule has 3 nitrogen and oxygen atoms in total. The highest BCUT2D eigenvalue weighted by Gasteiger charge is 2.24. The number of carbonyl (C=O) groups is 1. The van der Waals surface area contributed by atoms with Crippen molar-refractivity contribution >= 4 is 5.91 Å². The fourth-order valence-corrected chi connectivity index (χ4v) is 1.35. The third-order valence-electron chi connectivity index (χ3n) is 2.78. The smallest absolute Gasteiger partial charge is 0.239 e. The number of benzene rings is 1. The van der Waals surface area contributed by atoms with Gasteiger partial charge in [-0.15, -0.1) is 0 Å². The Morgan fingerprint density at radius 3 is 2.71 bits per heavy atom. The lowest BCUT2D eigenvalue weighted by molar-refractivity contribution is -0.126. The maximum atomic E-state index is 12.9. The van der Waals surface area contributed by atoms with Crippen LogP contribution in [-0.2, 0) is 11.2 Å². The number of hydrogen-bond acceptors (Lipinski definition) is 2. The molecule has 0 fully saturated rings. The lowest BCUT2D eigenvalue weighted by atomic mass is 10.1. The molecule has 17 heavy (non-hydrogen) atoms. The van der Waals surface area contributed by atoms with Crippen molar-refractivity contribution in [3.8, 4) is 0 Å². The number of carbonyl (C=O) groups excluding carboxylic acids is 1. The SMILES string of the molecule is CNC(C)(C)C(=O)NCCc1cccc(F)c1. The lowest BCUT2D eigenvalue weighted by Crippen LogP contribution is -2.51. The van der Waals surface area contributed by atoms with E-state index in [-0.39, 0.29) is 11.7 Å². The minimum absolute atomic E-state index is 0.0589. The number of rotatable bonds is 5. The van der Waals surface area contributed by atoms with Crippen molar-refractivity contribution in [2.45, 2.75) is 25.8 Å². The molecule has 1 aromatic carbocycles. The fourth-order valence-electron chi connectivity index (χ4n) is 1.35. The Morgan fingerprint density at radius 2 is 2.12 bits per heavy atom. The van der Waals surface area contributed by atoms with Crippen LogP contribution in [0.2, 0.25) is 0 Å². The Kier molecular flexibility index (Phi) is 4.63. The molecule has 1 amide bonds. The minimum atomic E-state index is -0.581. The molecule has 0 heterocycles. The molecular formula is C13H19FN2O. The van der Waals surface area contributed by atoms with E-state index in [1.54, 1.807) is 13.1 Å². The van der Waals surface area contributed by atoms with Crippen molar-refractivity contribution in [3.05, 3.63) is 35.6 Å². The van der Waals surface area contributed by atoms with Crippen molar-refractivity contribution in [3.63, 3.8) is 0 Å². The predicted octanol–water partition coefficient (Wildman–Crippen LogP) is 1.48. The summed E-state index contributed by atoms with van der Waals surface area (Å²) in [6.07, 6.45) is 0.628. The summed E-state index contributed by atoms with van der Waals surface area (Å²) in [7, 11) is 1.74. The first kappa shape index (κ1) is 13.6. The molecule has 2 N–H and O–H groups in total. The predicted molar refractivity (Wildman–Crippen MR) is 66.3 cm³/mol. The number of likely N-dealkylation sites (N-methyl/N-ethyl adjacent to an activating group) is 1. The Hall–Kier alpha value is -1.42. The first-order valence-electron chi connectivity index (χ1n) is 5.67. The quantitative estimate of drug-likeness (QED) is 0.816. The topological polar surface area (TPSA) is 41.1 Å². The van der Waals surface area contributed by atoms with Crippen LogP contribution in [0.5, 0.6) is 0 Å².